The van der Waals surface area contributed by atoms with Gasteiger partial charge < -0.3 is 20.1 Å². The number of hydrogen-bond acceptors (Lipinski definition) is 6. The third-order valence-electron chi connectivity index (χ3n) is 5.74. The van der Waals surface area contributed by atoms with Crippen LogP contribution in [0.15, 0.2) is 24.3 Å². The molecule has 2 fully saturated rings. The van der Waals surface area contributed by atoms with Gasteiger partial charge in [0.05, 0.1) is 32.4 Å². The van der Waals surface area contributed by atoms with Crippen LogP contribution in [-0.4, -0.2) is 86.7 Å². The van der Waals surface area contributed by atoms with E-state index in [1.165, 1.54) is 0 Å². The van der Waals surface area contributed by atoms with Gasteiger partial charge in [0.1, 0.15) is 5.75 Å². The average Bonchev–Trinajstić information content (AvgIpc) is 3.21. The van der Waals surface area contributed by atoms with Crippen molar-refractivity contribution < 1.29 is 19.1 Å². The molecule has 3 rings (SSSR count). The third-order valence-corrected chi connectivity index (χ3v) is 5.74. The van der Waals surface area contributed by atoms with Crippen molar-refractivity contribution in [3.8, 4) is 5.75 Å². The van der Waals surface area contributed by atoms with Gasteiger partial charge in [-0.2, -0.15) is 0 Å². The smallest absolute Gasteiger partial charge is 0.241 e. The minimum absolute atomic E-state index is 0.0178. The van der Waals surface area contributed by atoms with Crippen LogP contribution in [0.5, 0.6) is 5.75 Å². The molecule has 31 heavy (non-hydrogen) atoms. The number of rotatable bonds is 9. The Balaban J connectivity index is 1.43. The zero-order valence-corrected chi connectivity index (χ0v) is 18.9. The lowest BCUT2D eigenvalue weighted by molar-refractivity contribution is -0.125. The Hall–Kier alpha value is -2.16. The highest BCUT2D eigenvalue weighted by atomic mass is 16.5. The summed E-state index contributed by atoms with van der Waals surface area (Å²) in [6, 6.07) is 6.96. The molecule has 8 heteroatoms. The Morgan fingerprint density at radius 3 is 2.71 bits per heavy atom. The average molecular weight is 433 g/mol. The molecule has 0 aliphatic carbocycles. The number of methoxy groups -OCH3 is 1. The second-order valence-corrected chi connectivity index (χ2v) is 8.80. The van der Waals surface area contributed by atoms with Gasteiger partial charge in [-0.05, 0) is 49.6 Å². The molecule has 2 atom stereocenters. The summed E-state index contributed by atoms with van der Waals surface area (Å²) in [5.74, 6) is 1.22. The number of hydrogen-bond donors (Lipinski definition) is 2. The highest BCUT2D eigenvalue weighted by Crippen LogP contribution is 2.20. The molecule has 2 saturated heterocycles. The zero-order valence-electron chi connectivity index (χ0n) is 18.9. The van der Waals surface area contributed by atoms with Crippen molar-refractivity contribution in [3.63, 3.8) is 0 Å². The monoisotopic (exact) mass is 432 g/mol. The van der Waals surface area contributed by atoms with Crippen LogP contribution in [0.3, 0.4) is 0 Å². The molecule has 2 aliphatic rings. The number of nitrogens with one attached hydrogen (secondary N) is 2. The van der Waals surface area contributed by atoms with Gasteiger partial charge in [0.2, 0.25) is 11.8 Å². The molecular formula is C23H36N4O4. The van der Waals surface area contributed by atoms with Crippen molar-refractivity contribution in [1.29, 1.82) is 0 Å². The summed E-state index contributed by atoms with van der Waals surface area (Å²) >= 11 is 0. The van der Waals surface area contributed by atoms with Gasteiger partial charge in [-0.3, -0.25) is 19.4 Å². The van der Waals surface area contributed by atoms with Crippen molar-refractivity contribution in [2.75, 3.05) is 58.3 Å². The van der Waals surface area contributed by atoms with Gasteiger partial charge in [0.15, 0.2) is 0 Å². The lowest BCUT2D eigenvalue weighted by Crippen LogP contribution is -2.50. The fraction of sp³-hybridized carbons (Fsp3) is 0.652. The molecule has 8 nitrogen and oxygen atoms in total. The minimum atomic E-state index is -0.291. The number of carbonyl (C=O) groups excluding carboxylic acids is 2. The molecule has 172 valence electrons. The maximum Gasteiger partial charge on any atom is 0.241 e. The lowest BCUT2D eigenvalue weighted by Gasteiger charge is -2.34. The van der Waals surface area contributed by atoms with E-state index >= 15 is 0 Å². The second-order valence-electron chi connectivity index (χ2n) is 8.80. The minimum Gasteiger partial charge on any atom is -0.497 e. The van der Waals surface area contributed by atoms with E-state index in [1.807, 2.05) is 29.2 Å². The molecule has 2 unspecified atom stereocenters. The highest BCUT2D eigenvalue weighted by molar-refractivity contribution is 5.95. The first-order chi connectivity index (χ1) is 14.9. The van der Waals surface area contributed by atoms with Crippen LogP contribution < -0.4 is 15.4 Å². The normalized spacial score (nSPS) is 22.5. The Kier molecular flexibility index (Phi) is 8.69. The molecule has 2 aliphatic heterocycles. The maximum absolute atomic E-state index is 12.7. The van der Waals surface area contributed by atoms with Crippen LogP contribution >= 0.6 is 0 Å². The number of likely N-dealkylation sites (tertiary alicyclic amines) is 1. The molecule has 0 radical (unpaired) electrons. The van der Waals surface area contributed by atoms with Crippen LogP contribution in [0.4, 0.5) is 5.69 Å². The van der Waals surface area contributed by atoms with Gasteiger partial charge in [-0.1, -0.05) is 13.8 Å². The fourth-order valence-electron chi connectivity index (χ4n) is 4.27. The molecule has 2 amide bonds. The number of ether oxygens (including phenoxy) is 2. The van der Waals surface area contributed by atoms with Gasteiger partial charge in [-0.25, -0.2) is 0 Å². The van der Waals surface area contributed by atoms with E-state index in [4.69, 9.17) is 9.47 Å². The Labute approximate surface area is 185 Å². The molecular weight excluding hydrogens is 396 g/mol. The highest BCUT2D eigenvalue weighted by Gasteiger charge is 2.32. The largest absolute Gasteiger partial charge is 0.497 e. The summed E-state index contributed by atoms with van der Waals surface area (Å²) in [6.07, 6.45) is 1.68. The van der Waals surface area contributed by atoms with E-state index in [9.17, 15) is 9.59 Å². The number of carbonyl (C=O) groups is 2. The maximum atomic E-state index is 12.7. The molecule has 2 N–H and O–H groups in total. The summed E-state index contributed by atoms with van der Waals surface area (Å²) < 4.78 is 11.0. The molecule has 2 heterocycles. The zero-order chi connectivity index (χ0) is 22.2. The van der Waals surface area contributed by atoms with E-state index in [0.717, 1.165) is 50.5 Å². The Morgan fingerprint density at radius 2 is 2.00 bits per heavy atom. The summed E-state index contributed by atoms with van der Waals surface area (Å²) in [5.41, 5.74) is 0.725. The second kappa shape index (κ2) is 11.5. The first-order valence-electron chi connectivity index (χ1n) is 11.2. The first kappa shape index (κ1) is 23.5. The molecule has 0 aromatic heterocycles. The number of anilines is 1. The first-order valence-corrected chi connectivity index (χ1v) is 11.2. The van der Waals surface area contributed by atoms with E-state index in [2.05, 4.69) is 29.4 Å². The molecule has 0 spiro atoms. The predicted octanol–water partition coefficient (Wildman–Crippen LogP) is 1.57. The van der Waals surface area contributed by atoms with Crippen LogP contribution in [0.1, 0.15) is 26.7 Å². The number of morpholine rings is 1. The van der Waals surface area contributed by atoms with Gasteiger partial charge in [0, 0.05) is 31.9 Å². The Bertz CT molecular complexity index is 725. The summed E-state index contributed by atoms with van der Waals surface area (Å²) in [5, 5.41) is 5.95. The lowest BCUT2D eigenvalue weighted by atomic mass is 10.2. The van der Waals surface area contributed by atoms with Gasteiger partial charge in [0.25, 0.3) is 0 Å². The van der Waals surface area contributed by atoms with Crippen molar-refractivity contribution in [2.45, 2.75) is 38.8 Å². The Morgan fingerprint density at radius 1 is 1.23 bits per heavy atom. The number of amides is 2. The van der Waals surface area contributed by atoms with E-state index < -0.39 is 0 Å². The standard InChI is InChI=1S/C23H36N4O4/c1-17(2)14-26-11-12-31-20(15-26)13-24-22(28)16-27-10-4-5-21(27)23(29)25-18-6-8-19(30-3)9-7-18/h6-9,17,20-21H,4-5,10-16H2,1-3H3,(H,24,28)(H,25,29). The SMILES string of the molecule is COc1ccc(NC(=O)C2CCCN2CC(=O)NCC2CN(CC(C)C)CCO2)cc1. The quantitative estimate of drug-likeness (QED) is 0.616. The van der Waals surface area contributed by atoms with Crippen LogP contribution in [0.2, 0.25) is 0 Å². The summed E-state index contributed by atoms with van der Waals surface area (Å²) in [7, 11) is 1.61. The van der Waals surface area contributed by atoms with Gasteiger partial charge in [-0.15, -0.1) is 0 Å². The summed E-state index contributed by atoms with van der Waals surface area (Å²) in [6.45, 7) is 9.44. The van der Waals surface area contributed by atoms with Crippen LogP contribution in [0.25, 0.3) is 0 Å². The number of nitrogens with zero attached hydrogens (tertiary/aromatic N) is 2. The molecule has 0 saturated carbocycles. The summed E-state index contributed by atoms with van der Waals surface area (Å²) in [4.78, 5) is 29.6. The van der Waals surface area contributed by atoms with Crippen molar-refractivity contribution in [3.05, 3.63) is 24.3 Å². The van der Waals surface area contributed by atoms with Crippen molar-refractivity contribution in [1.82, 2.24) is 15.1 Å². The van der Waals surface area contributed by atoms with Crippen molar-refractivity contribution >= 4 is 17.5 Å². The fourth-order valence-corrected chi connectivity index (χ4v) is 4.27. The van der Waals surface area contributed by atoms with Crippen LogP contribution in [0, 0.1) is 5.92 Å². The van der Waals surface area contributed by atoms with Crippen molar-refractivity contribution in [2.24, 2.45) is 5.92 Å². The molecule has 1 aromatic rings. The van der Waals surface area contributed by atoms with Gasteiger partial charge >= 0.3 is 0 Å². The van der Waals surface area contributed by atoms with E-state index in [0.29, 0.717) is 19.1 Å². The molecule has 1 aromatic carbocycles. The van der Waals surface area contributed by atoms with E-state index in [-0.39, 0.29) is 30.5 Å². The number of benzene rings is 1. The molecule has 0 bridgehead atoms. The van der Waals surface area contributed by atoms with E-state index in [1.54, 1.807) is 7.11 Å². The third kappa shape index (κ3) is 7.19. The predicted molar refractivity (Wildman–Crippen MR) is 120 cm³/mol. The van der Waals surface area contributed by atoms with Crippen LogP contribution in [-0.2, 0) is 14.3 Å². The topological polar surface area (TPSA) is 83.1 Å².